The van der Waals surface area contributed by atoms with Gasteiger partial charge in [-0.05, 0) is 0 Å². The van der Waals surface area contributed by atoms with Crippen molar-refractivity contribution in [2.24, 2.45) is 22.9 Å². The van der Waals surface area contributed by atoms with Crippen molar-refractivity contribution in [3.63, 3.8) is 0 Å². The van der Waals surface area contributed by atoms with Gasteiger partial charge in [-0.1, -0.05) is 0 Å². The molecule has 23 amide bonds. The van der Waals surface area contributed by atoms with Crippen molar-refractivity contribution in [3.8, 4) is 0 Å². The molecule has 17 atom stereocenters. The summed E-state index contributed by atoms with van der Waals surface area (Å²) in [5.41, 5.74) is 20.7. The molecule has 0 fully saturated rings. The van der Waals surface area contributed by atoms with Gasteiger partial charge in [0.1, 0.15) is 103 Å². The van der Waals surface area contributed by atoms with Gasteiger partial charge in [0.25, 0.3) is 0 Å². The molecule has 764 valence electrons. The van der Waals surface area contributed by atoms with Crippen molar-refractivity contribution in [2.75, 3.05) is 79.0 Å². The van der Waals surface area contributed by atoms with Gasteiger partial charge < -0.3 is 206 Å². The number of aliphatic hydroxyl groups is 8. The third-order valence-corrected chi connectivity index (χ3v) is 17.2. The maximum absolute atomic E-state index is 13.7. The summed E-state index contributed by atoms with van der Waals surface area (Å²) in [6.45, 7) is -15.1. The highest BCUT2D eigenvalue weighted by Gasteiger charge is 2.41. The Morgan fingerprint density at radius 3 is 0.474 bits per heavy atom. The number of aliphatic hydroxyl groups excluding tert-OH is 8. The molecule has 0 saturated carbocycles. The van der Waals surface area contributed by atoms with Crippen LogP contribution in [0.25, 0.3) is 0 Å². The number of aliphatic carboxylic acids is 7. The van der Waals surface area contributed by atoms with Gasteiger partial charge in [-0.15, -0.1) is 0 Å². The molecule has 0 heterocycles. The maximum atomic E-state index is 13.7. The SMILES string of the molecule is NCC(=O)N[C@@H](CO)C(=O)NCC(=O)N[C@@H](CO)C(=O)N[C@@H](CC(=O)O)C(=O)N[C@@H](CO)C(=O)N[C@@H](CC(N)=O)C(=O)N[C@@H](CC(=O)O)C(=O)N[C@@H](CO)C(=O)N[C@@H](CC(=O)O)C(=O)N[C@@H](CO)C(=O)N[C@@H](CC(N)=O)C(=O)N[C@@H](CC(=O)O)C(=O)NCC(=O)N[C@@H](CO)C(=O)NCC(=O)N[C@@H](CO)C(=O)N[C@@H](CC(=O)O)C(=O)N[C@@H](CO)C(=O)N[C@@H](CC(N)=O)C(=O)N[C@@H](CC(=O)O)C(=O)O. The first-order chi connectivity index (χ1) is 64.0. The number of amides is 23. The summed E-state index contributed by atoms with van der Waals surface area (Å²) < 4.78 is 0. The summed E-state index contributed by atoms with van der Waals surface area (Å²) in [4.78, 5) is 381. The van der Waals surface area contributed by atoms with Gasteiger partial charge in [-0.25, -0.2) is 4.79 Å². The van der Waals surface area contributed by atoms with Crippen molar-refractivity contribution in [1.29, 1.82) is 0 Å². The smallest absolute Gasteiger partial charge is 0.326 e. The predicted octanol–water partition coefficient (Wildman–Crippen LogP) is -27.0. The van der Waals surface area contributed by atoms with Crippen molar-refractivity contribution in [1.82, 2.24) is 106 Å². The van der Waals surface area contributed by atoms with Crippen LogP contribution in [0.3, 0.4) is 0 Å². The van der Waals surface area contributed by atoms with Crippen LogP contribution in [0.15, 0.2) is 0 Å². The first-order valence-electron chi connectivity index (χ1n) is 38.9. The molecule has 43 N–H and O–H groups in total. The lowest BCUT2D eigenvalue weighted by molar-refractivity contribution is -0.147. The molecule has 0 saturated heterocycles. The minimum atomic E-state index is -2.48. The molecule has 69 heteroatoms. The highest BCUT2D eigenvalue weighted by Crippen LogP contribution is 2.09. The van der Waals surface area contributed by atoms with E-state index in [-0.39, 0.29) is 0 Å². The molecule has 0 rings (SSSR count). The highest BCUT2D eigenvalue weighted by molar-refractivity contribution is 6.05. The summed E-state index contributed by atoms with van der Waals surface area (Å²) in [7, 11) is 0. The average molecular weight is 1980 g/mol. The molecule has 0 aliphatic rings. The van der Waals surface area contributed by atoms with Gasteiger partial charge in [0.2, 0.25) is 136 Å². The Labute approximate surface area is 764 Å². The van der Waals surface area contributed by atoms with E-state index in [0.29, 0.717) is 0 Å². The molecule has 137 heavy (non-hydrogen) atoms. The van der Waals surface area contributed by atoms with Crippen LogP contribution in [-0.2, 0) is 144 Å². The molecule has 0 aliphatic carbocycles. The number of hydrogen-bond acceptors (Lipinski definition) is 39. The largest absolute Gasteiger partial charge is 0.481 e. The maximum Gasteiger partial charge on any atom is 0.326 e. The fourth-order valence-corrected chi connectivity index (χ4v) is 10.5. The third kappa shape index (κ3) is 46.6. The Morgan fingerprint density at radius 1 is 0.175 bits per heavy atom. The molecular formula is C68H102N24O45. The Morgan fingerprint density at radius 2 is 0.307 bits per heavy atom. The van der Waals surface area contributed by atoms with Gasteiger partial charge in [-0.2, -0.15) is 0 Å². The van der Waals surface area contributed by atoms with E-state index in [1.54, 1.807) is 58.5 Å². The zero-order chi connectivity index (χ0) is 105. The zero-order valence-electron chi connectivity index (χ0n) is 70.9. The van der Waals surface area contributed by atoms with Crippen molar-refractivity contribution < 1.29 is 220 Å². The monoisotopic (exact) mass is 1970 g/mol. The molecule has 0 unspecified atom stereocenters. The van der Waals surface area contributed by atoms with Crippen LogP contribution in [0, 0.1) is 0 Å². The molecule has 0 aromatic carbocycles. The summed E-state index contributed by atoms with van der Waals surface area (Å²) in [6, 6.07) is -38.1. The number of carboxylic acids is 7. The predicted molar refractivity (Wildman–Crippen MR) is 430 cm³/mol. The number of carbonyl (C=O) groups is 30. The van der Waals surface area contributed by atoms with E-state index < -0.39 is 417 Å². The second kappa shape index (κ2) is 61.5. The fourth-order valence-electron chi connectivity index (χ4n) is 10.5. The summed E-state index contributed by atoms with van der Waals surface area (Å²) in [6.07, 6.45) is -12.1. The number of carbonyl (C=O) groups excluding carboxylic acids is 23. The molecular weight excluding hydrogens is 1870 g/mol. The lowest BCUT2D eigenvalue weighted by Gasteiger charge is -2.26. The van der Waals surface area contributed by atoms with E-state index in [4.69, 9.17) is 28.0 Å². The minimum absolute atomic E-state index is 0.610. The average Bonchev–Trinajstić information content (AvgIpc) is 0.854. The fraction of sp³-hybridized carbons (Fsp3) is 0.559. The van der Waals surface area contributed by atoms with Crippen LogP contribution in [0.4, 0.5) is 0 Å². The Bertz CT molecular complexity index is 4480. The first kappa shape index (κ1) is 121. The quantitative estimate of drug-likeness (QED) is 0.0269. The van der Waals surface area contributed by atoms with Crippen LogP contribution in [0.5, 0.6) is 0 Å². The van der Waals surface area contributed by atoms with Crippen molar-refractivity contribution in [2.45, 2.75) is 160 Å². The van der Waals surface area contributed by atoms with E-state index in [1.807, 2.05) is 47.9 Å². The van der Waals surface area contributed by atoms with Gasteiger partial charge in [-0.3, -0.25) is 139 Å². The molecule has 0 aliphatic heterocycles. The number of carboxylic acid groups (broad SMARTS) is 7. The molecule has 69 nitrogen and oxygen atoms in total. The van der Waals surface area contributed by atoms with E-state index in [9.17, 15) is 215 Å². The Kier molecular flexibility index (Phi) is 54.2. The number of nitrogens with one attached hydrogen (secondary N) is 20. The van der Waals surface area contributed by atoms with Crippen LogP contribution in [0.1, 0.15) is 57.8 Å². The molecule has 0 spiro atoms. The second-order valence-electron chi connectivity index (χ2n) is 28.0. The zero-order valence-corrected chi connectivity index (χ0v) is 70.9. The van der Waals surface area contributed by atoms with Gasteiger partial charge in [0.15, 0.2) is 0 Å². The second-order valence-corrected chi connectivity index (χ2v) is 28.0. The molecule has 0 aromatic heterocycles. The van der Waals surface area contributed by atoms with E-state index in [2.05, 4.69) is 0 Å². The lowest BCUT2D eigenvalue weighted by atomic mass is 10.1. The standard InChI is InChI=1S/C68H102N24O45/c69-10-42(104)76-31(14-93)53(121)74-12-44(106)78-33(16-95)62(130)85-27(6-48(112)113)59(127)89-36(19-98)65(133)81-23(2-40(71)102)56(124)84-26(5-47(110)111)58(126)92-38(21-100)67(135)87-29(8-50(116)117)61(129)91-35(18-97)64(132)80-22(1-39(70)101)55(123)83-25(4-46(108)109)52(120)73-11-43(105)77-32(15-94)54(122)75-13-45(107)79-34(17-96)63(131)86-28(7-49(114)115)60(128)90-37(20-99)66(134)82-24(3-41(72)103)57(125)88-30(68(136)137)9-51(118)119/h22-38,93-100H,1-21,69H2,(H2,70,101)(H2,71,102)(H2,72,103)(H,73,120)(H,74,121)(H,75,122)(H,76,104)(H,77,105)(H,78,106)(H,79,107)(H,80,132)(H,81,133)(H,82,134)(H,83,123)(H,84,124)(H,85,130)(H,86,131)(H,87,135)(H,88,125)(H,89,127)(H,90,128)(H,91,129)(H,92,126)(H,108,109)(H,110,111)(H,112,113)(H,114,115)(H,116,117)(H,118,119)(H,136,137)/t22-,23-,24-,25-,26-,27-,28-,29-,30-,31-,32-,33-,34-,35-,36-,37-,38-/m0/s1. The topological polar surface area (TPSA) is 1160 Å². The number of primary amides is 3. The van der Waals surface area contributed by atoms with Gasteiger partial charge in [0.05, 0.1) is 137 Å². The Balaban J connectivity index is 6.40. The van der Waals surface area contributed by atoms with Gasteiger partial charge >= 0.3 is 41.8 Å². The van der Waals surface area contributed by atoms with Crippen LogP contribution >= 0.6 is 0 Å². The van der Waals surface area contributed by atoms with E-state index in [0.717, 1.165) is 0 Å². The number of nitrogens with two attached hydrogens (primary N) is 4. The third-order valence-electron chi connectivity index (χ3n) is 17.2. The van der Waals surface area contributed by atoms with E-state index >= 15 is 0 Å². The van der Waals surface area contributed by atoms with Crippen LogP contribution in [0.2, 0.25) is 0 Å². The normalized spacial score (nSPS) is 14.4. The number of rotatable bonds is 67. The van der Waals surface area contributed by atoms with Crippen LogP contribution in [-0.4, -0.2) is 436 Å². The summed E-state index contributed by atoms with van der Waals surface area (Å²) in [5, 5.41) is 182. The van der Waals surface area contributed by atoms with Crippen LogP contribution < -0.4 is 129 Å². The summed E-state index contributed by atoms with van der Waals surface area (Å²) >= 11 is 0. The van der Waals surface area contributed by atoms with Gasteiger partial charge in [0, 0.05) is 0 Å². The van der Waals surface area contributed by atoms with E-state index in [1.165, 1.54) is 0 Å². The first-order valence-corrected chi connectivity index (χ1v) is 38.9. The Hall–Kier alpha value is -16.3. The lowest BCUT2D eigenvalue weighted by Crippen LogP contribution is -2.62. The molecule has 0 aromatic rings. The summed E-state index contributed by atoms with van der Waals surface area (Å²) in [5.74, 6) is -48.2. The van der Waals surface area contributed by atoms with Crippen molar-refractivity contribution >= 4 is 178 Å². The van der Waals surface area contributed by atoms with Crippen molar-refractivity contribution in [3.05, 3.63) is 0 Å². The molecule has 0 bridgehead atoms. The minimum Gasteiger partial charge on any atom is -0.481 e. The highest BCUT2D eigenvalue weighted by atomic mass is 16.4. The molecule has 0 radical (unpaired) electrons. The number of hydrogen-bond donors (Lipinski definition) is 39.